The minimum Gasteiger partial charge on any atom is -0.333 e. The Balaban J connectivity index is 2.63. The predicted octanol–water partition coefficient (Wildman–Crippen LogP) is 1.21. The van der Waals surface area contributed by atoms with Crippen LogP contribution in [0.1, 0.15) is 5.82 Å². The second-order valence-electron chi connectivity index (χ2n) is 2.93. The third kappa shape index (κ3) is 3.37. The fourth-order valence-electron chi connectivity index (χ4n) is 1.12. The molecule has 3 nitrogen and oxygen atoms in total. The van der Waals surface area contributed by atoms with Gasteiger partial charge < -0.3 is 9.88 Å². The predicted molar refractivity (Wildman–Crippen MR) is 45.9 cm³/mol. The van der Waals surface area contributed by atoms with Gasteiger partial charge in [-0.3, -0.25) is 0 Å². The van der Waals surface area contributed by atoms with Crippen LogP contribution in [0.25, 0.3) is 0 Å². The van der Waals surface area contributed by atoms with Crippen molar-refractivity contribution in [2.24, 2.45) is 0 Å². The zero-order valence-electron chi connectivity index (χ0n) is 7.80. The molecule has 0 saturated heterocycles. The highest BCUT2D eigenvalue weighted by molar-refractivity contribution is 4.94. The lowest BCUT2D eigenvalue weighted by atomic mass is 10.4. The van der Waals surface area contributed by atoms with Crippen molar-refractivity contribution in [3.05, 3.63) is 18.2 Å². The van der Waals surface area contributed by atoms with Crippen molar-refractivity contribution < 1.29 is 13.2 Å². The topological polar surface area (TPSA) is 29.9 Å². The number of hydrogen-bond acceptors (Lipinski definition) is 2. The van der Waals surface area contributed by atoms with E-state index < -0.39 is 12.6 Å². The first-order chi connectivity index (χ1) is 6.53. The van der Waals surface area contributed by atoms with E-state index in [-0.39, 0.29) is 5.82 Å². The Hall–Kier alpha value is -1.04. The van der Waals surface area contributed by atoms with Gasteiger partial charge in [-0.05, 0) is 7.05 Å². The van der Waals surface area contributed by atoms with Gasteiger partial charge in [-0.2, -0.15) is 13.2 Å². The maximum absolute atomic E-state index is 12.1. The summed E-state index contributed by atoms with van der Waals surface area (Å²) < 4.78 is 37.7. The van der Waals surface area contributed by atoms with Gasteiger partial charge in [0.25, 0.3) is 0 Å². The molecule has 1 aromatic rings. The number of halogens is 3. The standard InChI is InChI=1S/C8H12F3N3/c1-12-2-4-14-5-3-13-7(14)6-8(9,10)11/h3,5,12H,2,4,6H2,1H3. The molecule has 1 rings (SSSR count). The number of alkyl halides is 3. The van der Waals surface area contributed by atoms with Crippen LogP contribution in [0.4, 0.5) is 13.2 Å². The van der Waals surface area contributed by atoms with E-state index in [0.29, 0.717) is 13.1 Å². The van der Waals surface area contributed by atoms with Crippen molar-refractivity contribution in [1.82, 2.24) is 14.9 Å². The summed E-state index contributed by atoms with van der Waals surface area (Å²) in [5.74, 6) is 0.0627. The van der Waals surface area contributed by atoms with E-state index in [9.17, 15) is 13.2 Å². The summed E-state index contributed by atoms with van der Waals surface area (Å²) in [7, 11) is 1.75. The summed E-state index contributed by atoms with van der Waals surface area (Å²) in [6, 6.07) is 0. The molecule has 0 fully saturated rings. The highest BCUT2D eigenvalue weighted by Crippen LogP contribution is 2.19. The van der Waals surface area contributed by atoms with E-state index in [2.05, 4.69) is 10.3 Å². The Kier molecular flexibility index (Phi) is 3.51. The van der Waals surface area contributed by atoms with Gasteiger partial charge in [-0.15, -0.1) is 0 Å². The van der Waals surface area contributed by atoms with Gasteiger partial charge in [0.05, 0.1) is 0 Å². The minimum absolute atomic E-state index is 0.0627. The van der Waals surface area contributed by atoms with E-state index in [1.807, 2.05) is 0 Å². The average molecular weight is 207 g/mol. The summed E-state index contributed by atoms with van der Waals surface area (Å²) in [5, 5.41) is 2.87. The SMILES string of the molecule is CNCCn1ccnc1CC(F)(F)F. The van der Waals surface area contributed by atoms with Crippen LogP contribution in [0.15, 0.2) is 12.4 Å². The summed E-state index contributed by atoms with van der Waals surface area (Å²) in [6.07, 6.45) is -2.22. The summed E-state index contributed by atoms with van der Waals surface area (Å²) in [5.41, 5.74) is 0. The third-order valence-corrected chi connectivity index (χ3v) is 1.76. The van der Waals surface area contributed by atoms with E-state index in [4.69, 9.17) is 0 Å². The van der Waals surface area contributed by atoms with Crippen LogP contribution in [0.3, 0.4) is 0 Å². The van der Waals surface area contributed by atoms with Crippen LogP contribution in [0, 0.1) is 0 Å². The van der Waals surface area contributed by atoms with Crippen LogP contribution in [-0.4, -0.2) is 29.3 Å². The van der Waals surface area contributed by atoms with E-state index >= 15 is 0 Å². The fourth-order valence-corrected chi connectivity index (χ4v) is 1.12. The molecule has 6 heteroatoms. The van der Waals surface area contributed by atoms with Crippen molar-refractivity contribution in [2.75, 3.05) is 13.6 Å². The molecule has 0 bridgehead atoms. The first-order valence-corrected chi connectivity index (χ1v) is 4.24. The molecule has 0 aliphatic heterocycles. The zero-order chi connectivity index (χ0) is 10.6. The third-order valence-electron chi connectivity index (χ3n) is 1.76. The van der Waals surface area contributed by atoms with Crippen molar-refractivity contribution in [2.45, 2.75) is 19.1 Å². The Bertz CT molecular complexity index is 280. The maximum Gasteiger partial charge on any atom is 0.396 e. The Labute approximate surface area is 79.9 Å². The highest BCUT2D eigenvalue weighted by Gasteiger charge is 2.29. The number of nitrogens with one attached hydrogen (secondary N) is 1. The summed E-state index contributed by atoms with van der Waals surface area (Å²) in [4.78, 5) is 3.67. The smallest absolute Gasteiger partial charge is 0.333 e. The monoisotopic (exact) mass is 207 g/mol. The number of aromatic nitrogens is 2. The van der Waals surface area contributed by atoms with Gasteiger partial charge in [-0.25, -0.2) is 4.98 Å². The molecule has 0 unspecified atom stereocenters. The molecule has 0 aliphatic carbocycles. The van der Waals surface area contributed by atoms with Gasteiger partial charge in [0, 0.05) is 25.5 Å². The first-order valence-electron chi connectivity index (χ1n) is 4.24. The van der Waals surface area contributed by atoms with Crippen molar-refractivity contribution in [3.63, 3.8) is 0 Å². The molecule has 1 heterocycles. The van der Waals surface area contributed by atoms with Gasteiger partial charge >= 0.3 is 6.18 Å². The van der Waals surface area contributed by atoms with E-state index in [0.717, 1.165) is 0 Å². The molecule has 0 aliphatic rings. The van der Waals surface area contributed by atoms with Gasteiger partial charge in [0.1, 0.15) is 12.2 Å². The number of nitrogens with zero attached hydrogens (tertiary/aromatic N) is 2. The Morgan fingerprint density at radius 2 is 2.21 bits per heavy atom. The molecule has 80 valence electrons. The number of rotatable bonds is 4. The van der Waals surface area contributed by atoms with Crippen LogP contribution < -0.4 is 5.32 Å². The quantitative estimate of drug-likeness (QED) is 0.804. The molecule has 0 amide bonds. The second kappa shape index (κ2) is 4.45. The molecule has 0 atom stereocenters. The fraction of sp³-hybridized carbons (Fsp3) is 0.625. The molecule has 0 aromatic carbocycles. The number of imidazole rings is 1. The average Bonchev–Trinajstić information content (AvgIpc) is 2.45. The van der Waals surface area contributed by atoms with Gasteiger partial charge in [-0.1, -0.05) is 0 Å². The molecule has 1 aromatic heterocycles. The molecular weight excluding hydrogens is 195 g/mol. The van der Waals surface area contributed by atoms with Gasteiger partial charge in [0.2, 0.25) is 0 Å². The number of likely N-dealkylation sites (N-methyl/N-ethyl adjacent to an activating group) is 1. The molecule has 0 saturated carbocycles. The maximum atomic E-state index is 12.1. The largest absolute Gasteiger partial charge is 0.396 e. The van der Waals surface area contributed by atoms with E-state index in [1.54, 1.807) is 13.2 Å². The molecule has 0 radical (unpaired) electrons. The van der Waals surface area contributed by atoms with Crippen molar-refractivity contribution in [1.29, 1.82) is 0 Å². The molecular formula is C8H12F3N3. The van der Waals surface area contributed by atoms with Crippen LogP contribution in [0.5, 0.6) is 0 Å². The summed E-state index contributed by atoms with van der Waals surface area (Å²) in [6.45, 7) is 1.13. The lowest BCUT2D eigenvalue weighted by molar-refractivity contribution is -0.129. The second-order valence-corrected chi connectivity index (χ2v) is 2.93. The van der Waals surface area contributed by atoms with Crippen LogP contribution >= 0.6 is 0 Å². The van der Waals surface area contributed by atoms with Crippen molar-refractivity contribution >= 4 is 0 Å². The molecule has 0 spiro atoms. The van der Waals surface area contributed by atoms with Crippen LogP contribution in [0.2, 0.25) is 0 Å². The van der Waals surface area contributed by atoms with Crippen molar-refractivity contribution in [3.8, 4) is 0 Å². The highest BCUT2D eigenvalue weighted by atomic mass is 19.4. The lowest BCUT2D eigenvalue weighted by Gasteiger charge is -2.09. The minimum atomic E-state index is -4.19. The molecule has 1 N–H and O–H groups in total. The van der Waals surface area contributed by atoms with Gasteiger partial charge in [0.15, 0.2) is 0 Å². The Morgan fingerprint density at radius 3 is 2.79 bits per heavy atom. The normalized spacial score (nSPS) is 12.0. The zero-order valence-corrected chi connectivity index (χ0v) is 7.80. The number of hydrogen-bond donors (Lipinski definition) is 1. The Morgan fingerprint density at radius 1 is 1.50 bits per heavy atom. The lowest BCUT2D eigenvalue weighted by Crippen LogP contribution is -2.20. The van der Waals surface area contributed by atoms with Crippen LogP contribution in [-0.2, 0) is 13.0 Å². The molecule has 14 heavy (non-hydrogen) atoms. The first kappa shape index (κ1) is 11.0. The van der Waals surface area contributed by atoms with E-state index in [1.165, 1.54) is 10.8 Å². The summed E-state index contributed by atoms with van der Waals surface area (Å²) >= 11 is 0.